The van der Waals surface area contributed by atoms with Crippen molar-refractivity contribution in [3.63, 3.8) is 0 Å². The molecule has 0 spiro atoms. The summed E-state index contributed by atoms with van der Waals surface area (Å²) in [5, 5.41) is 12.5. The number of rotatable bonds is 2. The van der Waals surface area contributed by atoms with Crippen molar-refractivity contribution in [2.45, 2.75) is 6.18 Å². The molecule has 2 rings (SSSR count). The number of benzene rings is 1. The number of alkyl halides is 3. The highest BCUT2D eigenvalue weighted by Crippen LogP contribution is 2.28. The van der Waals surface area contributed by atoms with E-state index in [1.54, 1.807) is 0 Å². The fourth-order valence-corrected chi connectivity index (χ4v) is 1.65. The predicted molar refractivity (Wildman–Crippen MR) is 60.5 cm³/mol. The maximum atomic E-state index is 12.4. The molecule has 0 amide bonds. The van der Waals surface area contributed by atoms with Gasteiger partial charge in [-0.05, 0) is 24.3 Å². The van der Waals surface area contributed by atoms with Gasteiger partial charge in [0, 0.05) is 11.2 Å². The highest BCUT2D eigenvalue weighted by molar-refractivity contribution is 6.30. The Hall–Kier alpha value is -2.02. The molecule has 0 aliphatic rings. The zero-order chi connectivity index (χ0) is 14.2. The summed E-state index contributed by atoms with van der Waals surface area (Å²) in [6, 6.07) is 4.53. The predicted octanol–water partition coefficient (Wildman–Crippen LogP) is 3.24. The van der Waals surface area contributed by atoms with E-state index in [0.29, 0.717) is 0 Å². The fraction of sp³-hybridized carbons (Fsp3) is 0.0909. The van der Waals surface area contributed by atoms with Crippen LogP contribution in [0.25, 0.3) is 5.69 Å². The highest BCUT2D eigenvalue weighted by Gasteiger charge is 2.33. The number of aromatic carboxylic acids is 1. The molecule has 1 aromatic heterocycles. The van der Waals surface area contributed by atoms with Gasteiger partial charge in [0.15, 0.2) is 5.69 Å². The number of nitrogens with zero attached hydrogens (tertiary/aromatic N) is 2. The van der Waals surface area contributed by atoms with Gasteiger partial charge in [0.2, 0.25) is 0 Å². The standard InChI is InChI=1S/C11H6ClF3N2O2/c12-6-1-2-7(10(18)19)8(5-6)17-4-3-9(16-17)11(13,14)15/h1-5H,(H,18,19). The van der Waals surface area contributed by atoms with E-state index < -0.39 is 17.8 Å². The third-order valence-corrected chi connectivity index (χ3v) is 2.55. The zero-order valence-electron chi connectivity index (χ0n) is 9.15. The van der Waals surface area contributed by atoms with Crippen LogP contribution >= 0.6 is 11.6 Å². The minimum atomic E-state index is -4.59. The number of halogens is 4. The van der Waals surface area contributed by atoms with Crippen molar-refractivity contribution in [1.82, 2.24) is 9.78 Å². The van der Waals surface area contributed by atoms with E-state index in [4.69, 9.17) is 16.7 Å². The molecule has 1 aromatic carbocycles. The molecule has 100 valence electrons. The smallest absolute Gasteiger partial charge is 0.435 e. The molecule has 1 N–H and O–H groups in total. The van der Waals surface area contributed by atoms with Crippen LogP contribution in [0.4, 0.5) is 13.2 Å². The Kier molecular flexibility index (Phi) is 3.23. The Morgan fingerprint density at radius 1 is 1.32 bits per heavy atom. The average Bonchev–Trinajstić information content (AvgIpc) is 2.77. The molecule has 0 unspecified atom stereocenters. The Morgan fingerprint density at radius 3 is 2.53 bits per heavy atom. The quantitative estimate of drug-likeness (QED) is 0.924. The summed E-state index contributed by atoms with van der Waals surface area (Å²) in [5.74, 6) is -1.28. The second-order valence-electron chi connectivity index (χ2n) is 3.61. The van der Waals surface area contributed by atoms with Crippen LogP contribution in [0.15, 0.2) is 30.5 Å². The number of hydrogen-bond acceptors (Lipinski definition) is 2. The SMILES string of the molecule is O=C(O)c1ccc(Cl)cc1-n1ccc(C(F)(F)F)n1. The largest absolute Gasteiger partial charge is 0.478 e. The van der Waals surface area contributed by atoms with Crippen LogP contribution in [0.1, 0.15) is 16.1 Å². The van der Waals surface area contributed by atoms with Crippen LogP contribution in [0, 0.1) is 0 Å². The van der Waals surface area contributed by atoms with Crippen LogP contribution in [-0.2, 0) is 6.18 Å². The van der Waals surface area contributed by atoms with E-state index in [0.717, 1.165) is 16.9 Å². The van der Waals surface area contributed by atoms with E-state index in [1.165, 1.54) is 18.2 Å². The summed E-state index contributed by atoms with van der Waals surface area (Å²) in [7, 11) is 0. The Balaban J connectivity index is 2.55. The van der Waals surface area contributed by atoms with Gasteiger partial charge in [0.05, 0.1) is 11.3 Å². The molecular formula is C11H6ClF3N2O2. The van der Waals surface area contributed by atoms with Crippen LogP contribution in [0.3, 0.4) is 0 Å². The number of hydrogen-bond donors (Lipinski definition) is 1. The third kappa shape index (κ3) is 2.70. The molecule has 0 aliphatic heterocycles. The van der Waals surface area contributed by atoms with Gasteiger partial charge in [-0.25, -0.2) is 9.48 Å². The Bertz CT molecular complexity index is 637. The molecular weight excluding hydrogens is 285 g/mol. The Labute approximate surface area is 110 Å². The van der Waals surface area contributed by atoms with Gasteiger partial charge >= 0.3 is 12.1 Å². The molecule has 0 bridgehead atoms. The molecule has 0 saturated carbocycles. The first-order chi connectivity index (χ1) is 8.79. The lowest BCUT2D eigenvalue weighted by molar-refractivity contribution is -0.141. The lowest BCUT2D eigenvalue weighted by atomic mass is 10.2. The van der Waals surface area contributed by atoms with Crippen LogP contribution < -0.4 is 0 Å². The first-order valence-electron chi connectivity index (χ1n) is 4.95. The summed E-state index contributed by atoms with van der Waals surface area (Å²) in [6.45, 7) is 0. The number of carboxylic acid groups (broad SMARTS) is 1. The van der Waals surface area contributed by atoms with Crippen molar-refractivity contribution in [2.24, 2.45) is 0 Å². The molecule has 19 heavy (non-hydrogen) atoms. The molecule has 4 nitrogen and oxygen atoms in total. The monoisotopic (exact) mass is 290 g/mol. The number of carboxylic acids is 1. The Morgan fingerprint density at radius 2 is 2.00 bits per heavy atom. The number of carbonyl (C=O) groups is 1. The minimum absolute atomic E-state index is 0.0319. The maximum absolute atomic E-state index is 12.4. The molecule has 0 fully saturated rings. The lowest BCUT2D eigenvalue weighted by Gasteiger charge is -2.07. The third-order valence-electron chi connectivity index (χ3n) is 2.32. The summed E-state index contributed by atoms with van der Waals surface area (Å²) < 4.78 is 38.1. The summed E-state index contributed by atoms with van der Waals surface area (Å²) in [5.41, 5.74) is -1.33. The molecule has 0 atom stereocenters. The minimum Gasteiger partial charge on any atom is -0.478 e. The summed E-state index contributed by atoms with van der Waals surface area (Å²) in [4.78, 5) is 11.0. The maximum Gasteiger partial charge on any atom is 0.435 e. The van der Waals surface area contributed by atoms with E-state index in [2.05, 4.69) is 5.10 Å². The second-order valence-corrected chi connectivity index (χ2v) is 4.05. The van der Waals surface area contributed by atoms with Gasteiger partial charge in [0.25, 0.3) is 0 Å². The van der Waals surface area contributed by atoms with Gasteiger partial charge in [-0.3, -0.25) is 0 Å². The van der Waals surface area contributed by atoms with E-state index in [9.17, 15) is 18.0 Å². The van der Waals surface area contributed by atoms with Crippen LogP contribution in [0.5, 0.6) is 0 Å². The van der Waals surface area contributed by atoms with E-state index in [1.807, 2.05) is 0 Å². The van der Waals surface area contributed by atoms with Crippen molar-refractivity contribution >= 4 is 17.6 Å². The number of aromatic nitrogens is 2. The van der Waals surface area contributed by atoms with Crippen LogP contribution in [0.2, 0.25) is 5.02 Å². The van der Waals surface area contributed by atoms with Gasteiger partial charge in [-0.15, -0.1) is 0 Å². The normalized spacial score (nSPS) is 11.6. The first-order valence-corrected chi connectivity index (χ1v) is 5.33. The first kappa shape index (κ1) is 13.4. The van der Waals surface area contributed by atoms with Gasteiger partial charge < -0.3 is 5.11 Å². The van der Waals surface area contributed by atoms with E-state index in [-0.39, 0.29) is 16.3 Å². The van der Waals surface area contributed by atoms with Crippen LogP contribution in [-0.4, -0.2) is 20.9 Å². The van der Waals surface area contributed by atoms with Gasteiger partial charge in [0.1, 0.15) is 0 Å². The van der Waals surface area contributed by atoms with Crippen molar-refractivity contribution in [3.8, 4) is 5.69 Å². The molecule has 1 heterocycles. The fourth-order valence-electron chi connectivity index (χ4n) is 1.48. The van der Waals surface area contributed by atoms with Gasteiger partial charge in [-0.2, -0.15) is 18.3 Å². The highest BCUT2D eigenvalue weighted by atomic mass is 35.5. The molecule has 0 radical (unpaired) electrons. The molecule has 0 aliphatic carbocycles. The summed E-state index contributed by atoms with van der Waals surface area (Å²) in [6.07, 6.45) is -3.56. The topological polar surface area (TPSA) is 55.1 Å². The van der Waals surface area contributed by atoms with Crippen molar-refractivity contribution < 1.29 is 23.1 Å². The molecule has 0 saturated heterocycles. The molecule has 2 aromatic rings. The lowest BCUT2D eigenvalue weighted by Crippen LogP contribution is -2.09. The summed E-state index contributed by atoms with van der Waals surface area (Å²) >= 11 is 5.71. The molecule has 8 heteroatoms. The van der Waals surface area contributed by atoms with Gasteiger partial charge in [-0.1, -0.05) is 11.6 Å². The second kappa shape index (κ2) is 4.58. The van der Waals surface area contributed by atoms with Crippen molar-refractivity contribution in [1.29, 1.82) is 0 Å². The average molecular weight is 291 g/mol. The van der Waals surface area contributed by atoms with Crippen molar-refractivity contribution in [2.75, 3.05) is 0 Å². The van der Waals surface area contributed by atoms with E-state index >= 15 is 0 Å². The zero-order valence-corrected chi connectivity index (χ0v) is 9.90. The van der Waals surface area contributed by atoms with Crippen molar-refractivity contribution in [3.05, 3.63) is 46.7 Å².